The monoisotopic (exact) mass is 248 g/mol. The Kier molecular flexibility index (Phi) is 3.60. The molecule has 1 N–H and O–H groups in total. The molecule has 1 aromatic rings. The van der Waals surface area contributed by atoms with Gasteiger partial charge in [0.05, 0.1) is 6.42 Å². The second-order valence-electron chi connectivity index (χ2n) is 4.73. The largest absolute Gasteiger partial charge is 0.481 e. The minimum Gasteiger partial charge on any atom is -0.481 e. The van der Waals surface area contributed by atoms with Crippen molar-refractivity contribution in [2.24, 2.45) is 11.1 Å². The van der Waals surface area contributed by atoms with Crippen LogP contribution in [0.5, 0.6) is 0 Å². The van der Waals surface area contributed by atoms with Crippen LogP contribution in [-0.4, -0.2) is 23.7 Å². The van der Waals surface area contributed by atoms with E-state index in [1.165, 1.54) is 0 Å². The lowest BCUT2D eigenvalue weighted by Crippen LogP contribution is -2.34. The molecule has 18 heavy (non-hydrogen) atoms. The Morgan fingerprint density at radius 2 is 2.11 bits per heavy atom. The molecule has 1 fully saturated rings. The zero-order valence-electron chi connectivity index (χ0n) is 10.2. The second kappa shape index (κ2) is 5.16. The van der Waals surface area contributed by atoms with Crippen molar-refractivity contribution in [2.45, 2.75) is 25.8 Å². The van der Waals surface area contributed by atoms with Crippen LogP contribution in [0.1, 0.15) is 19.8 Å². The van der Waals surface area contributed by atoms with Gasteiger partial charge in [0.2, 0.25) is 0 Å². The van der Waals surface area contributed by atoms with Crippen molar-refractivity contribution in [3.05, 3.63) is 29.2 Å². The van der Waals surface area contributed by atoms with E-state index in [1.54, 1.807) is 12.1 Å². The predicted molar refractivity (Wildman–Crippen MR) is 69.1 cm³/mol. The van der Waals surface area contributed by atoms with E-state index >= 15 is 0 Å². The van der Waals surface area contributed by atoms with Crippen molar-refractivity contribution < 1.29 is 9.90 Å². The maximum atomic E-state index is 10.9. The Balaban J connectivity index is 2.19. The summed E-state index contributed by atoms with van der Waals surface area (Å²) < 4.78 is 0. The normalized spacial score (nSPS) is 23.1. The Labute approximate surface area is 105 Å². The number of nitroso groups, excluding NO2 is 1. The summed E-state index contributed by atoms with van der Waals surface area (Å²) in [4.78, 5) is 23.4. The molecule has 0 aliphatic carbocycles. The Morgan fingerprint density at radius 3 is 2.67 bits per heavy atom. The molecule has 1 aromatic carbocycles. The fourth-order valence-electron chi connectivity index (χ4n) is 2.52. The van der Waals surface area contributed by atoms with Gasteiger partial charge >= 0.3 is 5.97 Å². The van der Waals surface area contributed by atoms with Crippen LogP contribution < -0.4 is 4.90 Å². The first-order chi connectivity index (χ1) is 8.61. The number of aliphatic carboxylic acids is 1. The Morgan fingerprint density at radius 1 is 1.44 bits per heavy atom. The number of carboxylic acid groups (broad SMARTS) is 1. The topological polar surface area (TPSA) is 70.0 Å². The van der Waals surface area contributed by atoms with Gasteiger partial charge in [-0.1, -0.05) is 6.92 Å². The molecule has 2 rings (SSSR count). The van der Waals surface area contributed by atoms with Crippen LogP contribution in [0.3, 0.4) is 0 Å². The van der Waals surface area contributed by atoms with Gasteiger partial charge < -0.3 is 10.0 Å². The summed E-state index contributed by atoms with van der Waals surface area (Å²) in [7, 11) is 0. The lowest BCUT2D eigenvalue weighted by atomic mass is 10.00. The van der Waals surface area contributed by atoms with Gasteiger partial charge in [0.25, 0.3) is 0 Å². The van der Waals surface area contributed by atoms with Crippen LogP contribution in [0, 0.1) is 10.8 Å². The molecular weight excluding hydrogens is 232 g/mol. The summed E-state index contributed by atoms with van der Waals surface area (Å²) in [6.07, 6.45) is 1.14. The van der Waals surface area contributed by atoms with Crippen molar-refractivity contribution in [2.75, 3.05) is 11.4 Å². The van der Waals surface area contributed by atoms with E-state index < -0.39 is 5.97 Å². The number of anilines is 1. The molecule has 5 heteroatoms. The van der Waals surface area contributed by atoms with Crippen LogP contribution in [0.25, 0.3) is 0 Å². The summed E-state index contributed by atoms with van der Waals surface area (Å²) >= 11 is 0. The summed E-state index contributed by atoms with van der Waals surface area (Å²) in [5, 5.41) is 11.8. The summed E-state index contributed by atoms with van der Waals surface area (Å²) in [5.41, 5.74) is 1.35. The number of hydrogen-bond donors (Lipinski definition) is 1. The van der Waals surface area contributed by atoms with Crippen molar-refractivity contribution in [1.82, 2.24) is 0 Å². The van der Waals surface area contributed by atoms with Gasteiger partial charge in [-0.05, 0) is 41.8 Å². The van der Waals surface area contributed by atoms with Crippen LogP contribution >= 0.6 is 0 Å². The Hall–Kier alpha value is -1.91. The zero-order valence-corrected chi connectivity index (χ0v) is 10.2. The molecule has 0 aromatic heterocycles. The van der Waals surface area contributed by atoms with E-state index in [-0.39, 0.29) is 12.5 Å². The van der Waals surface area contributed by atoms with Crippen molar-refractivity contribution in [3.63, 3.8) is 0 Å². The lowest BCUT2D eigenvalue weighted by molar-refractivity contribution is -0.137. The van der Waals surface area contributed by atoms with Gasteiger partial charge in [-0.25, -0.2) is 0 Å². The minimum absolute atomic E-state index is 0.0255. The highest BCUT2D eigenvalue weighted by atomic mass is 16.4. The number of rotatable bonds is 4. The van der Waals surface area contributed by atoms with E-state index in [4.69, 9.17) is 5.11 Å². The highest BCUT2D eigenvalue weighted by Gasteiger charge is 2.32. The fourth-order valence-corrected chi connectivity index (χ4v) is 2.52. The zero-order chi connectivity index (χ0) is 13.1. The molecule has 0 spiro atoms. The number of nitrogens with zero attached hydrogens (tertiary/aromatic N) is 2. The smallest absolute Gasteiger partial charge is 0.305 e. The van der Waals surface area contributed by atoms with Crippen molar-refractivity contribution in [1.29, 1.82) is 0 Å². The lowest BCUT2D eigenvalue weighted by Gasteiger charge is -2.27. The molecule has 0 unspecified atom stereocenters. The van der Waals surface area contributed by atoms with Crippen molar-refractivity contribution in [3.8, 4) is 0 Å². The summed E-state index contributed by atoms with van der Waals surface area (Å²) in [5.74, 6) is -0.407. The maximum Gasteiger partial charge on any atom is 0.305 e. The minimum atomic E-state index is -0.773. The maximum absolute atomic E-state index is 10.9. The molecule has 1 aliphatic rings. The average molecular weight is 248 g/mol. The third-order valence-electron chi connectivity index (χ3n) is 3.55. The van der Waals surface area contributed by atoms with Gasteiger partial charge in [0.1, 0.15) is 5.69 Å². The van der Waals surface area contributed by atoms with Gasteiger partial charge in [-0.3, -0.25) is 4.79 Å². The van der Waals surface area contributed by atoms with Crippen LogP contribution in [0.15, 0.2) is 29.4 Å². The molecule has 2 atom stereocenters. The Bertz CT molecular complexity index is 444. The molecule has 5 nitrogen and oxygen atoms in total. The number of carboxylic acids is 1. The number of benzene rings is 1. The average Bonchev–Trinajstić information content (AvgIpc) is 2.71. The van der Waals surface area contributed by atoms with Crippen molar-refractivity contribution >= 4 is 17.3 Å². The van der Waals surface area contributed by atoms with Crippen LogP contribution in [0.2, 0.25) is 0 Å². The molecule has 1 heterocycles. The molecule has 0 radical (unpaired) electrons. The summed E-state index contributed by atoms with van der Waals surface area (Å²) in [6.45, 7) is 2.93. The second-order valence-corrected chi connectivity index (χ2v) is 4.73. The van der Waals surface area contributed by atoms with E-state index in [1.807, 2.05) is 12.1 Å². The van der Waals surface area contributed by atoms with E-state index in [2.05, 4.69) is 17.0 Å². The van der Waals surface area contributed by atoms with Crippen LogP contribution in [-0.2, 0) is 4.79 Å². The number of carbonyl (C=O) groups is 1. The molecule has 0 saturated carbocycles. The van der Waals surface area contributed by atoms with Gasteiger partial charge in [0.15, 0.2) is 0 Å². The number of hydrogen-bond acceptors (Lipinski definition) is 4. The molecular formula is C13H16N2O3. The van der Waals surface area contributed by atoms with Gasteiger partial charge in [0, 0.05) is 18.3 Å². The summed E-state index contributed by atoms with van der Waals surface area (Å²) in [6, 6.07) is 6.98. The molecule has 0 amide bonds. The van der Waals surface area contributed by atoms with E-state index in [0.29, 0.717) is 11.6 Å². The first-order valence-corrected chi connectivity index (χ1v) is 6.03. The van der Waals surface area contributed by atoms with Gasteiger partial charge in [-0.15, -0.1) is 4.91 Å². The van der Waals surface area contributed by atoms with E-state index in [9.17, 15) is 9.70 Å². The first kappa shape index (κ1) is 12.5. The van der Waals surface area contributed by atoms with E-state index in [0.717, 1.165) is 18.7 Å². The van der Waals surface area contributed by atoms with Crippen LogP contribution in [0.4, 0.5) is 11.4 Å². The van der Waals surface area contributed by atoms with Gasteiger partial charge in [-0.2, -0.15) is 0 Å². The molecule has 1 saturated heterocycles. The quantitative estimate of drug-likeness (QED) is 0.832. The predicted octanol–water partition coefficient (Wildman–Crippen LogP) is 2.77. The third kappa shape index (κ3) is 2.50. The molecule has 0 bridgehead atoms. The third-order valence-corrected chi connectivity index (χ3v) is 3.55. The highest BCUT2D eigenvalue weighted by Crippen LogP contribution is 2.32. The highest BCUT2D eigenvalue weighted by molar-refractivity contribution is 5.69. The first-order valence-electron chi connectivity index (χ1n) is 6.03. The molecule has 1 aliphatic heterocycles. The molecule has 96 valence electrons. The SMILES string of the molecule is C[C@@H]1CCN(c2ccc(N=O)cc2)[C@H]1CC(=O)O. The standard InChI is InChI=1S/C13H16N2O3/c1-9-6-7-15(12(9)8-13(16)17)11-4-2-10(14-18)3-5-11/h2-5,9,12H,6-8H2,1H3,(H,16,17)/t9-,12+/m1/s1. The fraction of sp³-hybridized carbons (Fsp3) is 0.462.